The third-order valence-corrected chi connectivity index (χ3v) is 4.51. The molecule has 1 atom stereocenters. The van der Waals surface area contributed by atoms with Gasteiger partial charge in [-0.3, -0.25) is 9.59 Å². The summed E-state index contributed by atoms with van der Waals surface area (Å²) in [6, 6.07) is 17.4. The number of nitrogens with zero attached hydrogens (tertiary/aromatic N) is 2. The Kier molecular flexibility index (Phi) is 6.00. The number of halogens is 1. The summed E-state index contributed by atoms with van der Waals surface area (Å²) in [5.41, 5.74) is 1.29. The first-order valence-corrected chi connectivity index (χ1v) is 9.14. The molecule has 2 aromatic carbocycles. The number of carbonyl (C=O) groups is 2. The van der Waals surface area contributed by atoms with Crippen molar-refractivity contribution in [1.82, 2.24) is 15.1 Å². The molecule has 142 valence electrons. The molecule has 0 aliphatic carbocycles. The molecule has 3 aromatic rings. The molecule has 3 rings (SSSR count). The Morgan fingerprint density at radius 3 is 2.36 bits per heavy atom. The first kappa shape index (κ1) is 19.5. The van der Waals surface area contributed by atoms with Crippen LogP contribution in [0.3, 0.4) is 0 Å². The molecule has 0 bridgehead atoms. The number of hydrogen-bond acceptors (Lipinski definition) is 4. The molecule has 28 heavy (non-hydrogen) atoms. The van der Waals surface area contributed by atoms with Gasteiger partial charge >= 0.3 is 5.97 Å². The van der Waals surface area contributed by atoms with Crippen molar-refractivity contribution in [2.45, 2.75) is 12.6 Å². The van der Waals surface area contributed by atoms with E-state index in [9.17, 15) is 19.5 Å². The lowest BCUT2D eigenvalue weighted by Crippen LogP contribution is -2.38. The third kappa shape index (κ3) is 4.72. The average Bonchev–Trinajstić information content (AvgIpc) is 2.69. The van der Waals surface area contributed by atoms with Crippen molar-refractivity contribution in [3.05, 3.63) is 87.1 Å². The largest absolute Gasteiger partial charge is 0.479 e. The van der Waals surface area contributed by atoms with Crippen molar-refractivity contribution in [2.24, 2.45) is 0 Å². The van der Waals surface area contributed by atoms with Crippen LogP contribution < -0.4 is 10.9 Å². The first-order chi connectivity index (χ1) is 13.4. The molecule has 0 saturated carbocycles. The Hall–Kier alpha value is -3.26. The highest BCUT2D eigenvalue weighted by Crippen LogP contribution is 2.19. The Bertz CT molecular complexity index is 1050. The molecule has 0 unspecified atom stereocenters. The van der Waals surface area contributed by atoms with Crippen molar-refractivity contribution < 1.29 is 14.7 Å². The van der Waals surface area contributed by atoms with E-state index in [0.717, 1.165) is 14.7 Å². The average molecular weight is 442 g/mol. The van der Waals surface area contributed by atoms with Gasteiger partial charge in [0.2, 0.25) is 5.91 Å². The SMILES string of the molecule is O=C(Cn1nc(-c2ccc(Br)cc2)ccc1=O)N[C@@H](C(=O)O)c1ccccc1. The van der Waals surface area contributed by atoms with Gasteiger partial charge in [0.1, 0.15) is 6.54 Å². The maximum atomic E-state index is 12.4. The fraction of sp³-hybridized carbons (Fsp3) is 0.100. The third-order valence-electron chi connectivity index (χ3n) is 3.99. The molecular formula is C20H16BrN3O4. The standard InChI is InChI=1S/C20H16BrN3O4/c21-15-8-6-13(7-9-15)16-10-11-18(26)24(23-16)12-17(25)22-19(20(27)28)14-4-2-1-3-5-14/h1-11,19H,12H2,(H,22,25)(H,27,28)/t19-/m1/s1. The molecule has 8 heteroatoms. The number of carbonyl (C=O) groups excluding carboxylic acids is 1. The Morgan fingerprint density at radius 1 is 1.04 bits per heavy atom. The van der Waals surface area contributed by atoms with Gasteiger partial charge in [-0.25, -0.2) is 9.48 Å². The number of nitrogens with one attached hydrogen (secondary N) is 1. The predicted octanol–water partition coefficient (Wildman–Crippen LogP) is 2.61. The zero-order valence-corrected chi connectivity index (χ0v) is 16.2. The van der Waals surface area contributed by atoms with Crippen molar-refractivity contribution in [3.8, 4) is 11.3 Å². The minimum absolute atomic E-state index is 0.389. The van der Waals surface area contributed by atoms with Crippen LogP contribution in [0.5, 0.6) is 0 Å². The minimum atomic E-state index is -1.21. The molecule has 1 amide bonds. The maximum absolute atomic E-state index is 12.4. The lowest BCUT2D eigenvalue weighted by molar-refractivity contribution is -0.142. The Balaban J connectivity index is 1.79. The van der Waals surface area contributed by atoms with E-state index in [1.54, 1.807) is 36.4 Å². The van der Waals surface area contributed by atoms with Gasteiger partial charge in [0.25, 0.3) is 5.56 Å². The number of amides is 1. The first-order valence-electron chi connectivity index (χ1n) is 8.35. The second-order valence-corrected chi connectivity index (χ2v) is 6.89. The van der Waals surface area contributed by atoms with E-state index in [0.29, 0.717) is 11.3 Å². The van der Waals surface area contributed by atoms with Crippen LogP contribution in [0.2, 0.25) is 0 Å². The van der Waals surface area contributed by atoms with Gasteiger partial charge in [-0.15, -0.1) is 0 Å². The lowest BCUT2D eigenvalue weighted by Gasteiger charge is -2.15. The molecule has 1 heterocycles. The van der Waals surface area contributed by atoms with Crippen LogP contribution in [-0.4, -0.2) is 26.8 Å². The van der Waals surface area contributed by atoms with Gasteiger partial charge in [0.05, 0.1) is 5.69 Å². The molecule has 0 fully saturated rings. The van der Waals surface area contributed by atoms with Crippen LogP contribution in [0.15, 0.2) is 76.0 Å². The summed E-state index contributed by atoms with van der Waals surface area (Å²) < 4.78 is 1.92. The van der Waals surface area contributed by atoms with Crippen LogP contribution in [0.25, 0.3) is 11.3 Å². The monoisotopic (exact) mass is 441 g/mol. The van der Waals surface area contributed by atoms with E-state index < -0.39 is 23.5 Å². The molecule has 0 saturated heterocycles. The van der Waals surface area contributed by atoms with Crippen LogP contribution in [0.1, 0.15) is 11.6 Å². The van der Waals surface area contributed by atoms with Crippen LogP contribution in [0, 0.1) is 0 Å². The number of carboxylic acids is 1. The molecule has 0 spiro atoms. The molecule has 1 aromatic heterocycles. The summed E-state index contributed by atoms with van der Waals surface area (Å²) in [5.74, 6) is -1.82. The summed E-state index contributed by atoms with van der Waals surface area (Å²) in [4.78, 5) is 36.0. The number of rotatable bonds is 6. The summed E-state index contributed by atoms with van der Waals surface area (Å²) >= 11 is 3.35. The van der Waals surface area contributed by atoms with Crippen molar-refractivity contribution in [1.29, 1.82) is 0 Å². The molecule has 2 N–H and O–H groups in total. The normalized spacial score (nSPS) is 11.6. The molecule has 0 aliphatic heterocycles. The van der Waals surface area contributed by atoms with E-state index in [2.05, 4.69) is 26.3 Å². The second-order valence-electron chi connectivity index (χ2n) is 5.97. The van der Waals surface area contributed by atoms with Crippen molar-refractivity contribution in [2.75, 3.05) is 0 Å². The van der Waals surface area contributed by atoms with Gasteiger partial charge in [-0.1, -0.05) is 58.4 Å². The molecule has 0 aliphatic rings. The highest BCUT2D eigenvalue weighted by Gasteiger charge is 2.22. The number of hydrogen-bond donors (Lipinski definition) is 2. The number of benzene rings is 2. The zero-order valence-electron chi connectivity index (χ0n) is 14.6. The number of aliphatic carboxylic acids is 1. The fourth-order valence-electron chi connectivity index (χ4n) is 2.61. The quantitative estimate of drug-likeness (QED) is 0.611. The lowest BCUT2D eigenvalue weighted by atomic mass is 10.1. The van der Waals surface area contributed by atoms with E-state index >= 15 is 0 Å². The van der Waals surface area contributed by atoms with Crippen LogP contribution >= 0.6 is 15.9 Å². The molecule has 7 nitrogen and oxygen atoms in total. The summed E-state index contributed by atoms with van der Waals surface area (Å²) in [6.07, 6.45) is 0. The summed E-state index contributed by atoms with van der Waals surface area (Å²) in [5, 5.41) is 16.1. The highest BCUT2D eigenvalue weighted by molar-refractivity contribution is 9.10. The minimum Gasteiger partial charge on any atom is -0.479 e. The molecule has 0 radical (unpaired) electrons. The van der Waals surface area contributed by atoms with E-state index in [4.69, 9.17) is 0 Å². The van der Waals surface area contributed by atoms with Gasteiger partial charge in [-0.2, -0.15) is 5.10 Å². The second kappa shape index (κ2) is 8.62. The topological polar surface area (TPSA) is 101 Å². The summed E-state index contributed by atoms with van der Waals surface area (Å²) in [6.45, 7) is -0.389. The molecular weight excluding hydrogens is 426 g/mol. The Labute approximate surface area is 168 Å². The van der Waals surface area contributed by atoms with Gasteiger partial charge < -0.3 is 10.4 Å². The number of aromatic nitrogens is 2. The van der Waals surface area contributed by atoms with E-state index in [-0.39, 0.29) is 6.54 Å². The van der Waals surface area contributed by atoms with E-state index in [1.807, 2.05) is 24.3 Å². The zero-order chi connectivity index (χ0) is 20.1. The Morgan fingerprint density at radius 2 is 1.71 bits per heavy atom. The van der Waals surface area contributed by atoms with Crippen LogP contribution in [0.4, 0.5) is 0 Å². The van der Waals surface area contributed by atoms with E-state index in [1.165, 1.54) is 6.07 Å². The smallest absolute Gasteiger partial charge is 0.330 e. The predicted molar refractivity (Wildman–Crippen MR) is 107 cm³/mol. The fourth-order valence-corrected chi connectivity index (χ4v) is 2.88. The van der Waals surface area contributed by atoms with Crippen molar-refractivity contribution >= 4 is 27.8 Å². The van der Waals surface area contributed by atoms with Gasteiger partial charge in [0, 0.05) is 16.1 Å². The van der Waals surface area contributed by atoms with Crippen LogP contribution in [-0.2, 0) is 16.1 Å². The highest BCUT2D eigenvalue weighted by atomic mass is 79.9. The van der Waals surface area contributed by atoms with Crippen molar-refractivity contribution in [3.63, 3.8) is 0 Å². The summed E-state index contributed by atoms with van der Waals surface area (Å²) in [7, 11) is 0. The van der Waals surface area contributed by atoms with Gasteiger partial charge in [0.15, 0.2) is 6.04 Å². The van der Waals surface area contributed by atoms with Gasteiger partial charge in [-0.05, 0) is 23.8 Å². The maximum Gasteiger partial charge on any atom is 0.330 e. The number of carboxylic acid groups (broad SMARTS) is 1.